The van der Waals surface area contributed by atoms with Crippen molar-refractivity contribution in [2.45, 2.75) is 12.8 Å². The summed E-state index contributed by atoms with van der Waals surface area (Å²) >= 11 is 1.92. The summed E-state index contributed by atoms with van der Waals surface area (Å²) in [6.07, 6.45) is 6.83. The summed E-state index contributed by atoms with van der Waals surface area (Å²) in [5, 5.41) is 7.78. The number of rotatable bonds is 5. The lowest BCUT2D eigenvalue weighted by atomic mass is 9.96. The van der Waals surface area contributed by atoms with Crippen LogP contribution in [0, 0.1) is 0 Å². The molecule has 1 aliphatic carbocycles. The Balaban J connectivity index is 1.10. The van der Waals surface area contributed by atoms with Gasteiger partial charge in [0.05, 0.1) is 22.1 Å². The summed E-state index contributed by atoms with van der Waals surface area (Å²) in [5.74, 6) is 0. The zero-order valence-corrected chi connectivity index (χ0v) is 32.0. The second-order valence-corrected chi connectivity index (χ2v) is 16.2. The highest BCUT2D eigenvalue weighted by atomic mass is 32.1. The highest BCUT2D eigenvalue weighted by Crippen LogP contribution is 2.49. The van der Waals surface area contributed by atoms with E-state index in [1.54, 1.807) is 0 Å². The van der Waals surface area contributed by atoms with E-state index in [0.717, 1.165) is 18.5 Å². The van der Waals surface area contributed by atoms with Crippen molar-refractivity contribution in [2.24, 2.45) is 0 Å². The van der Waals surface area contributed by atoms with E-state index in [4.69, 9.17) is 0 Å². The number of nitrogens with zero attached hydrogens (tertiary/aromatic N) is 2. The molecule has 268 valence electrons. The standard InChI is InChI=1S/C54H36N2S/c1-3-14-35(15-4-1)37-26-29-40(30-27-37)55-48-23-10-7-20-42(48)46-33-39(28-31-50(46)55)45-34-47-43-21-8-11-24-49(43)56(41-19-13-18-38(32-41)36-16-5-2-6-17-36)53(47)52-44-22-9-12-25-51(44)57-54(45)52/h1-12,14-18,20-34H,13,19H2. The number of fused-ring (bicyclic) bond motifs is 10. The van der Waals surface area contributed by atoms with Gasteiger partial charge in [-0.05, 0) is 95.3 Å². The highest BCUT2D eigenvalue weighted by molar-refractivity contribution is 7.26. The Bertz CT molecular complexity index is 3430. The normalized spacial score (nSPS) is 13.3. The topological polar surface area (TPSA) is 9.86 Å². The second-order valence-electron chi connectivity index (χ2n) is 15.2. The van der Waals surface area contributed by atoms with Gasteiger partial charge in [0.1, 0.15) is 0 Å². The minimum atomic E-state index is 0.991. The number of hydrogen-bond acceptors (Lipinski definition) is 1. The van der Waals surface area contributed by atoms with Crippen molar-refractivity contribution in [3.63, 3.8) is 0 Å². The van der Waals surface area contributed by atoms with E-state index in [1.165, 1.54) is 103 Å². The van der Waals surface area contributed by atoms with Crippen molar-refractivity contribution in [1.29, 1.82) is 0 Å². The average Bonchev–Trinajstić information content (AvgIpc) is 3.94. The van der Waals surface area contributed by atoms with Gasteiger partial charge in [-0.2, -0.15) is 0 Å². The minimum absolute atomic E-state index is 0.991. The summed E-state index contributed by atoms with van der Waals surface area (Å²) in [6.45, 7) is 0. The van der Waals surface area contributed by atoms with Crippen molar-refractivity contribution in [3.8, 4) is 27.9 Å². The molecule has 12 rings (SSSR count). The van der Waals surface area contributed by atoms with E-state index < -0.39 is 0 Å². The monoisotopic (exact) mass is 744 g/mol. The maximum Gasteiger partial charge on any atom is 0.0631 e. The third-order valence-corrected chi connectivity index (χ3v) is 13.2. The Morgan fingerprint density at radius 3 is 1.81 bits per heavy atom. The van der Waals surface area contributed by atoms with Crippen LogP contribution in [0.25, 0.3) is 103 Å². The van der Waals surface area contributed by atoms with Gasteiger partial charge in [-0.25, -0.2) is 0 Å². The lowest BCUT2D eigenvalue weighted by Crippen LogP contribution is -2.01. The zero-order chi connectivity index (χ0) is 37.5. The molecule has 0 bridgehead atoms. The average molecular weight is 745 g/mol. The van der Waals surface area contributed by atoms with Crippen LogP contribution >= 0.6 is 11.3 Å². The Morgan fingerprint density at radius 1 is 0.439 bits per heavy atom. The molecule has 0 amide bonds. The fourth-order valence-electron chi connectivity index (χ4n) is 9.40. The van der Waals surface area contributed by atoms with Crippen molar-refractivity contribution >= 4 is 86.4 Å². The highest BCUT2D eigenvalue weighted by Gasteiger charge is 2.24. The first-order valence-electron chi connectivity index (χ1n) is 19.8. The van der Waals surface area contributed by atoms with Crippen LogP contribution in [0.3, 0.4) is 0 Å². The van der Waals surface area contributed by atoms with E-state index in [2.05, 4.69) is 203 Å². The van der Waals surface area contributed by atoms with Gasteiger partial charge < -0.3 is 9.13 Å². The molecule has 3 heterocycles. The Kier molecular flexibility index (Phi) is 7.26. The number of thiophene rings is 1. The van der Waals surface area contributed by atoms with E-state index in [1.807, 2.05) is 11.3 Å². The molecule has 3 heteroatoms. The molecule has 0 aliphatic heterocycles. The van der Waals surface area contributed by atoms with E-state index in [0.29, 0.717) is 0 Å². The van der Waals surface area contributed by atoms with E-state index >= 15 is 0 Å². The van der Waals surface area contributed by atoms with Gasteiger partial charge >= 0.3 is 0 Å². The van der Waals surface area contributed by atoms with Gasteiger partial charge in [0.15, 0.2) is 0 Å². The van der Waals surface area contributed by atoms with Gasteiger partial charge in [-0.1, -0.05) is 140 Å². The smallest absolute Gasteiger partial charge is 0.0631 e. The number of aromatic nitrogens is 2. The summed E-state index contributed by atoms with van der Waals surface area (Å²) in [7, 11) is 0. The predicted octanol–water partition coefficient (Wildman–Crippen LogP) is 15.3. The summed E-state index contributed by atoms with van der Waals surface area (Å²) in [6, 6.07) is 66.9. The van der Waals surface area contributed by atoms with Crippen molar-refractivity contribution in [1.82, 2.24) is 9.13 Å². The first-order valence-corrected chi connectivity index (χ1v) is 20.6. The summed E-state index contributed by atoms with van der Waals surface area (Å²) < 4.78 is 7.66. The zero-order valence-electron chi connectivity index (χ0n) is 31.2. The molecular formula is C54H36N2S. The van der Waals surface area contributed by atoms with E-state index in [9.17, 15) is 0 Å². The van der Waals surface area contributed by atoms with Crippen LogP contribution in [-0.2, 0) is 0 Å². The molecule has 0 spiro atoms. The number of allylic oxidation sites excluding steroid dienone is 4. The molecule has 0 saturated heterocycles. The molecular weight excluding hydrogens is 709 g/mol. The molecule has 1 aliphatic rings. The molecule has 2 nitrogen and oxygen atoms in total. The summed E-state index contributed by atoms with van der Waals surface area (Å²) in [5.41, 5.74) is 15.1. The predicted molar refractivity (Wildman–Crippen MR) is 245 cm³/mol. The number of benzene rings is 8. The minimum Gasteiger partial charge on any atom is -0.312 e. The maximum absolute atomic E-state index is 2.59. The fraction of sp³-hybridized carbons (Fsp3) is 0.0370. The number of para-hydroxylation sites is 2. The molecule has 57 heavy (non-hydrogen) atoms. The van der Waals surface area contributed by atoms with Gasteiger partial charge in [-0.15, -0.1) is 11.3 Å². The maximum atomic E-state index is 2.59. The molecule has 3 aromatic heterocycles. The van der Waals surface area contributed by atoms with Crippen LogP contribution in [0.1, 0.15) is 18.4 Å². The quantitative estimate of drug-likeness (QED) is 0.166. The first-order chi connectivity index (χ1) is 28.3. The van der Waals surface area contributed by atoms with Crippen LogP contribution in [0.15, 0.2) is 194 Å². The largest absolute Gasteiger partial charge is 0.312 e. The van der Waals surface area contributed by atoms with Crippen molar-refractivity contribution in [2.75, 3.05) is 0 Å². The lowest BCUT2D eigenvalue weighted by Gasteiger charge is -2.18. The molecule has 0 saturated carbocycles. The molecule has 8 aromatic carbocycles. The fourth-order valence-corrected chi connectivity index (χ4v) is 10.6. The third kappa shape index (κ3) is 5.02. The van der Waals surface area contributed by atoms with Crippen LogP contribution in [0.2, 0.25) is 0 Å². The van der Waals surface area contributed by atoms with Crippen molar-refractivity contribution in [3.05, 3.63) is 200 Å². The van der Waals surface area contributed by atoms with Crippen LogP contribution in [0.4, 0.5) is 0 Å². The third-order valence-electron chi connectivity index (χ3n) is 12.0. The first kappa shape index (κ1) is 32.3. The SMILES string of the molecule is C1=C(c2ccccc2)C=C(n2c3ccccc3c3cc(-c4ccc5c(c4)c4ccccc4n5-c4ccc(-c5ccccc5)cc4)c4sc5ccccc5c4c32)CC1. The molecule has 11 aromatic rings. The number of hydrogen-bond donors (Lipinski definition) is 0. The van der Waals surface area contributed by atoms with Gasteiger partial charge in [0.2, 0.25) is 0 Å². The molecule has 0 radical (unpaired) electrons. The van der Waals surface area contributed by atoms with Gasteiger partial charge in [0.25, 0.3) is 0 Å². The van der Waals surface area contributed by atoms with Crippen LogP contribution < -0.4 is 0 Å². The molecule has 0 atom stereocenters. The Labute approximate surface area is 334 Å². The molecule has 0 unspecified atom stereocenters. The van der Waals surface area contributed by atoms with Crippen LogP contribution in [0.5, 0.6) is 0 Å². The van der Waals surface area contributed by atoms with Crippen molar-refractivity contribution < 1.29 is 0 Å². The van der Waals surface area contributed by atoms with E-state index in [-0.39, 0.29) is 0 Å². The molecule has 0 fully saturated rings. The summed E-state index contributed by atoms with van der Waals surface area (Å²) in [4.78, 5) is 0. The lowest BCUT2D eigenvalue weighted by molar-refractivity contribution is 0.984. The molecule has 0 N–H and O–H groups in total. The Hall–Kier alpha value is -6.94. The second kappa shape index (κ2) is 12.8. The van der Waals surface area contributed by atoms with Gasteiger partial charge in [0, 0.05) is 58.7 Å². The van der Waals surface area contributed by atoms with Crippen LogP contribution in [-0.4, -0.2) is 9.13 Å². The van der Waals surface area contributed by atoms with Gasteiger partial charge in [-0.3, -0.25) is 0 Å². The Morgan fingerprint density at radius 2 is 1.04 bits per heavy atom.